The molecule has 0 heterocycles. The highest BCUT2D eigenvalue weighted by Crippen LogP contribution is 2.40. The van der Waals surface area contributed by atoms with Gasteiger partial charge in [-0.15, -0.1) is 0 Å². The summed E-state index contributed by atoms with van der Waals surface area (Å²) in [7, 11) is 0. The van der Waals surface area contributed by atoms with E-state index in [2.05, 4.69) is 20.8 Å². The highest BCUT2D eigenvalue weighted by atomic mass is 19.4. The minimum absolute atomic E-state index is 0.0132. The van der Waals surface area contributed by atoms with Gasteiger partial charge in [-0.25, -0.2) is 0 Å². The second-order valence-corrected chi connectivity index (χ2v) is 6.84. The summed E-state index contributed by atoms with van der Waals surface area (Å²) in [5.41, 5.74) is 0.679. The van der Waals surface area contributed by atoms with E-state index in [4.69, 9.17) is 4.74 Å². The first kappa shape index (κ1) is 17.3. The van der Waals surface area contributed by atoms with Gasteiger partial charge >= 0.3 is 6.18 Å². The van der Waals surface area contributed by atoms with E-state index in [1.807, 2.05) is 27.7 Å². The van der Waals surface area contributed by atoms with Crippen molar-refractivity contribution in [1.29, 1.82) is 0 Å². The molecule has 0 spiro atoms. The van der Waals surface area contributed by atoms with Gasteiger partial charge in [-0.2, -0.15) is 13.2 Å². The summed E-state index contributed by atoms with van der Waals surface area (Å²) in [6.45, 7) is 13.0. The Labute approximate surface area is 108 Å². The highest BCUT2D eigenvalue weighted by molar-refractivity contribution is 5.14. The largest absolute Gasteiger partial charge is 0.492 e. The topological polar surface area (TPSA) is 9.23 Å². The first-order valence-electron chi connectivity index (χ1n) is 6.14. The number of allylic oxidation sites excluding steroid dienone is 1. The smallest absolute Gasteiger partial charge is 0.422 e. The third-order valence-corrected chi connectivity index (χ3v) is 3.09. The quantitative estimate of drug-likeness (QED) is 0.640. The van der Waals surface area contributed by atoms with Crippen LogP contribution in [0.15, 0.2) is 11.8 Å². The SMILES string of the molecule is CC(C(=COCC(F)(F)F)C(C)(C)C)C(C)(C)C. The molecule has 0 saturated carbocycles. The van der Waals surface area contributed by atoms with E-state index in [0.717, 1.165) is 5.57 Å². The lowest BCUT2D eigenvalue weighted by Crippen LogP contribution is -2.27. The lowest BCUT2D eigenvalue weighted by atomic mass is 9.70. The Morgan fingerprint density at radius 1 is 1.06 bits per heavy atom. The average Bonchev–Trinajstić information content (AvgIpc) is 2.05. The van der Waals surface area contributed by atoms with E-state index in [0.29, 0.717) is 0 Å². The van der Waals surface area contributed by atoms with Crippen molar-refractivity contribution in [2.75, 3.05) is 6.61 Å². The van der Waals surface area contributed by atoms with Crippen molar-refractivity contribution < 1.29 is 17.9 Å². The van der Waals surface area contributed by atoms with E-state index in [1.165, 1.54) is 6.26 Å². The summed E-state index contributed by atoms with van der Waals surface area (Å²) in [6.07, 6.45) is -2.99. The van der Waals surface area contributed by atoms with Crippen molar-refractivity contribution in [2.45, 2.75) is 54.6 Å². The molecule has 0 bridgehead atoms. The maximum atomic E-state index is 12.1. The third kappa shape index (κ3) is 6.31. The number of rotatable bonds is 3. The van der Waals surface area contributed by atoms with Crippen LogP contribution in [0, 0.1) is 16.7 Å². The van der Waals surface area contributed by atoms with Crippen LogP contribution in [0.25, 0.3) is 0 Å². The Hall–Kier alpha value is -0.670. The summed E-state index contributed by atoms with van der Waals surface area (Å²) in [6, 6.07) is 0. The molecule has 18 heavy (non-hydrogen) atoms. The van der Waals surface area contributed by atoms with Gasteiger partial charge in [-0.05, 0) is 22.3 Å². The lowest BCUT2D eigenvalue weighted by Gasteiger charge is -2.36. The van der Waals surface area contributed by atoms with Gasteiger partial charge in [-0.1, -0.05) is 48.5 Å². The molecule has 0 N–H and O–H groups in total. The minimum Gasteiger partial charge on any atom is -0.492 e. The molecule has 0 aliphatic rings. The van der Waals surface area contributed by atoms with Gasteiger partial charge in [0.2, 0.25) is 0 Å². The summed E-state index contributed by atoms with van der Waals surface area (Å²) < 4.78 is 41.0. The van der Waals surface area contributed by atoms with E-state index in [9.17, 15) is 13.2 Å². The van der Waals surface area contributed by atoms with E-state index in [-0.39, 0.29) is 16.7 Å². The van der Waals surface area contributed by atoms with Gasteiger partial charge in [0.15, 0.2) is 6.61 Å². The number of hydrogen-bond acceptors (Lipinski definition) is 1. The zero-order valence-electron chi connectivity index (χ0n) is 12.4. The Morgan fingerprint density at radius 2 is 1.50 bits per heavy atom. The van der Waals surface area contributed by atoms with Gasteiger partial charge in [0.25, 0.3) is 0 Å². The molecule has 0 aliphatic carbocycles. The maximum absolute atomic E-state index is 12.1. The number of alkyl halides is 3. The highest BCUT2D eigenvalue weighted by Gasteiger charge is 2.32. The maximum Gasteiger partial charge on any atom is 0.422 e. The molecule has 1 nitrogen and oxygen atoms in total. The first-order valence-corrected chi connectivity index (χ1v) is 6.14. The normalized spacial score (nSPS) is 16.7. The summed E-state index contributed by atoms with van der Waals surface area (Å²) in [5.74, 6) is 0.144. The first-order chi connectivity index (χ1) is 7.75. The Balaban J connectivity index is 4.98. The monoisotopic (exact) mass is 266 g/mol. The van der Waals surface area contributed by atoms with Crippen LogP contribution in [-0.4, -0.2) is 12.8 Å². The Bertz CT molecular complexity index is 290. The third-order valence-electron chi connectivity index (χ3n) is 3.09. The standard InChI is InChI=1S/C14H25F3O/c1-10(12(2,3)4)11(13(5,6)7)8-18-9-14(15,16)17/h8,10H,9H2,1-7H3. The zero-order valence-corrected chi connectivity index (χ0v) is 12.4. The second-order valence-electron chi connectivity index (χ2n) is 6.84. The molecule has 0 aromatic heterocycles. The van der Waals surface area contributed by atoms with Crippen molar-refractivity contribution in [3.63, 3.8) is 0 Å². The Kier molecular flexibility index (Phi) is 5.33. The molecule has 0 rings (SSSR count). The molecule has 1 unspecified atom stereocenters. The summed E-state index contributed by atoms with van der Waals surface area (Å²) >= 11 is 0. The Morgan fingerprint density at radius 3 is 1.78 bits per heavy atom. The fraction of sp³-hybridized carbons (Fsp3) is 0.857. The van der Waals surface area contributed by atoms with Crippen LogP contribution in [0.2, 0.25) is 0 Å². The van der Waals surface area contributed by atoms with Crippen LogP contribution in [0.5, 0.6) is 0 Å². The van der Waals surface area contributed by atoms with Crippen LogP contribution in [0.1, 0.15) is 48.5 Å². The van der Waals surface area contributed by atoms with Gasteiger partial charge in [0.1, 0.15) is 0 Å². The fourth-order valence-electron chi connectivity index (χ4n) is 1.62. The molecule has 0 aromatic rings. The van der Waals surface area contributed by atoms with Gasteiger partial charge in [-0.3, -0.25) is 0 Å². The molecule has 1 atom stereocenters. The van der Waals surface area contributed by atoms with Gasteiger partial charge in [0, 0.05) is 0 Å². The molecule has 4 heteroatoms. The number of halogens is 3. The second kappa shape index (κ2) is 5.54. The van der Waals surface area contributed by atoms with Crippen molar-refractivity contribution in [2.24, 2.45) is 16.7 Å². The van der Waals surface area contributed by atoms with Crippen LogP contribution < -0.4 is 0 Å². The van der Waals surface area contributed by atoms with E-state index < -0.39 is 12.8 Å². The molecule has 0 amide bonds. The molecule has 108 valence electrons. The van der Waals surface area contributed by atoms with Crippen LogP contribution in [0.4, 0.5) is 13.2 Å². The minimum atomic E-state index is -4.29. The van der Waals surface area contributed by atoms with Crippen molar-refractivity contribution in [3.8, 4) is 0 Å². The predicted molar refractivity (Wildman–Crippen MR) is 68.2 cm³/mol. The van der Waals surface area contributed by atoms with E-state index in [1.54, 1.807) is 0 Å². The summed E-state index contributed by atoms with van der Waals surface area (Å²) in [5, 5.41) is 0. The summed E-state index contributed by atoms with van der Waals surface area (Å²) in [4.78, 5) is 0. The van der Waals surface area contributed by atoms with Crippen LogP contribution in [-0.2, 0) is 4.74 Å². The number of ether oxygens (including phenoxy) is 1. The van der Waals surface area contributed by atoms with Gasteiger partial charge < -0.3 is 4.74 Å². The molecular formula is C14H25F3O. The molecule has 0 aromatic carbocycles. The average molecular weight is 266 g/mol. The van der Waals surface area contributed by atoms with Crippen molar-refractivity contribution in [3.05, 3.63) is 11.8 Å². The molecular weight excluding hydrogens is 241 g/mol. The fourth-order valence-corrected chi connectivity index (χ4v) is 1.62. The van der Waals surface area contributed by atoms with Crippen LogP contribution in [0.3, 0.4) is 0 Å². The molecule has 0 saturated heterocycles. The molecule has 0 radical (unpaired) electrons. The van der Waals surface area contributed by atoms with Crippen molar-refractivity contribution >= 4 is 0 Å². The molecule has 0 aliphatic heterocycles. The van der Waals surface area contributed by atoms with E-state index >= 15 is 0 Å². The van der Waals surface area contributed by atoms with Crippen LogP contribution >= 0.6 is 0 Å². The number of hydrogen-bond donors (Lipinski definition) is 0. The lowest BCUT2D eigenvalue weighted by molar-refractivity contribution is -0.162. The van der Waals surface area contributed by atoms with Gasteiger partial charge in [0.05, 0.1) is 6.26 Å². The molecule has 0 fully saturated rings. The predicted octanol–water partition coefficient (Wildman–Crippen LogP) is 5.18. The zero-order chi connectivity index (χ0) is 14.8. The van der Waals surface area contributed by atoms with Crippen molar-refractivity contribution in [1.82, 2.24) is 0 Å².